The maximum absolute atomic E-state index is 13.0. The van der Waals surface area contributed by atoms with Gasteiger partial charge in [-0.2, -0.15) is 0 Å². The Kier molecular flexibility index (Phi) is 4.65. The van der Waals surface area contributed by atoms with Crippen molar-refractivity contribution in [1.82, 2.24) is 9.47 Å². The van der Waals surface area contributed by atoms with Gasteiger partial charge in [0.1, 0.15) is 17.2 Å². The Labute approximate surface area is 147 Å². The second-order valence-corrected chi connectivity index (χ2v) is 5.97. The summed E-state index contributed by atoms with van der Waals surface area (Å²) >= 11 is 0. The third-order valence-electron chi connectivity index (χ3n) is 4.39. The summed E-state index contributed by atoms with van der Waals surface area (Å²) in [6.45, 7) is 0.551. The smallest absolute Gasteiger partial charge is 0.270 e. The molecule has 3 rings (SSSR count). The van der Waals surface area contributed by atoms with Gasteiger partial charge in [-0.25, -0.2) is 0 Å². The van der Waals surface area contributed by atoms with E-state index >= 15 is 0 Å². The van der Waals surface area contributed by atoms with Gasteiger partial charge in [-0.1, -0.05) is 30.3 Å². The molecule has 5 heteroatoms. The monoisotopic (exact) mass is 338 g/mol. The van der Waals surface area contributed by atoms with Crippen LogP contribution in [-0.4, -0.2) is 36.6 Å². The molecule has 0 aliphatic heterocycles. The van der Waals surface area contributed by atoms with Gasteiger partial charge in [0.25, 0.3) is 5.91 Å². The molecule has 0 N–H and O–H groups in total. The number of aryl methyl sites for hydroxylation is 1. The second-order valence-electron chi connectivity index (χ2n) is 5.97. The summed E-state index contributed by atoms with van der Waals surface area (Å²) in [4.78, 5) is 14.7. The molecule has 0 fully saturated rings. The number of nitrogens with zero attached hydrogens (tertiary/aromatic N) is 2. The Bertz CT molecular complexity index is 900. The Morgan fingerprint density at radius 1 is 1.04 bits per heavy atom. The van der Waals surface area contributed by atoms with Crippen molar-refractivity contribution in [2.24, 2.45) is 7.05 Å². The largest absolute Gasteiger partial charge is 0.496 e. The van der Waals surface area contributed by atoms with Gasteiger partial charge in [0.15, 0.2) is 0 Å². The number of hydrogen-bond acceptors (Lipinski definition) is 3. The molecule has 25 heavy (non-hydrogen) atoms. The number of methoxy groups -OCH3 is 2. The van der Waals surface area contributed by atoms with E-state index in [1.165, 1.54) is 0 Å². The molecule has 5 nitrogen and oxygen atoms in total. The zero-order valence-corrected chi connectivity index (χ0v) is 14.9. The topological polar surface area (TPSA) is 43.7 Å². The molecule has 0 bridgehead atoms. The first-order chi connectivity index (χ1) is 12.1. The second kappa shape index (κ2) is 6.89. The number of hydrogen-bond donors (Lipinski definition) is 0. The predicted molar refractivity (Wildman–Crippen MR) is 98.3 cm³/mol. The Hall–Kier alpha value is -2.95. The van der Waals surface area contributed by atoms with Gasteiger partial charge in [-0.05, 0) is 23.8 Å². The summed E-state index contributed by atoms with van der Waals surface area (Å²) < 4.78 is 12.8. The van der Waals surface area contributed by atoms with E-state index in [-0.39, 0.29) is 5.91 Å². The summed E-state index contributed by atoms with van der Waals surface area (Å²) in [6, 6.07) is 15.5. The highest BCUT2D eigenvalue weighted by atomic mass is 16.5. The van der Waals surface area contributed by atoms with E-state index in [4.69, 9.17) is 9.47 Å². The van der Waals surface area contributed by atoms with Crippen molar-refractivity contribution in [2.75, 3.05) is 21.3 Å². The molecule has 1 amide bonds. The molecule has 0 unspecified atom stereocenters. The molecule has 0 saturated carbocycles. The minimum absolute atomic E-state index is 0.0494. The van der Waals surface area contributed by atoms with Gasteiger partial charge in [-0.15, -0.1) is 0 Å². The quantitative estimate of drug-likeness (QED) is 0.715. The maximum atomic E-state index is 13.0. The van der Waals surface area contributed by atoms with Crippen LogP contribution in [0.2, 0.25) is 0 Å². The van der Waals surface area contributed by atoms with E-state index in [0.717, 1.165) is 22.2 Å². The van der Waals surface area contributed by atoms with Crippen LogP contribution in [-0.2, 0) is 13.6 Å². The van der Waals surface area contributed by atoms with E-state index in [9.17, 15) is 4.79 Å². The van der Waals surface area contributed by atoms with E-state index < -0.39 is 0 Å². The minimum atomic E-state index is -0.0494. The van der Waals surface area contributed by atoms with Crippen LogP contribution in [0.4, 0.5) is 0 Å². The lowest BCUT2D eigenvalue weighted by Crippen LogP contribution is -2.27. The van der Waals surface area contributed by atoms with Crippen molar-refractivity contribution in [1.29, 1.82) is 0 Å². The molecule has 0 spiro atoms. The fourth-order valence-corrected chi connectivity index (χ4v) is 3.08. The number of aromatic nitrogens is 1. The number of ether oxygens (including phenoxy) is 2. The average molecular weight is 338 g/mol. The number of carbonyl (C=O) groups is 1. The number of benzene rings is 2. The molecule has 130 valence electrons. The van der Waals surface area contributed by atoms with Crippen molar-refractivity contribution in [2.45, 2.75) is 6.54 Å². The zero-order valence-electron chi connectivity index (χ0n) is 14.9. The molecule has 0 atom stereocenters. The molecule has 1 heterocycles. The van der Waals surface area contributed by atoms with Crippen molar-refractivity contribution in [3.8, 4) is 11.5 Å². The van der Waals surface area contributed by atoms with E-state index in [0.29, 0.717) is 18.0 Å². The normalized spacial score (nSPS) is 10.7. The molecule has 1 aromatic heterocycles. The molecule has 0 aliphatic carbocycles. The van der Waals surface area contributed by atoms with Crippen molar-refractivity contribution >= 4 is 16.8 Å². The fourth-order valence-electron chi connectivity index (χ4n) is 3.08. The number of carbonyl (C=O) groups excluding carboxylic acids is 1. The highest BCUT2D eigenvalue weighted by molar-refractivity contribution is 6.02. The Balaban J connectivity index is 2.00. The number of amides is 1. The van der Waals surface area contributed by atoms with E-state index in [1.807, 2.05) is 67.2 Å². The SMILES string of the molecule is COc1ccc(OC)c2c1cc(C(=O)N(C)Cc1ccccc1)n2C. The van der Waals surface area contributed by atoms with Crippen LogP contribution in [0.15, 0.2) is 48.5 Å². The summed E-state index contributed by atoms with van der Waals surface area (Å²) in [5.74, 6) is 1.38. The molecular weight excluding hydrogens is 316 g/mol. The van der Waals surface area contributed by atoms with Crippen molar-refractivity contribution in [3.05, 3.63) is 59.8 Å². The van der Waals surface area contributed by atoms with Crippen LogP contribution in [0.3, 0.4) is 0 Å². The zero-order chi connectivity index (χ0) is 18.0. The van der Waals surface area contributed by atoms with Crippen LogP contribution in [0.25, 0.3) is 10.9 Å². The molecule has 0 aliphatic rings. The van der Waals surface area contributed by atoms with E-state index in [1.54, 1.807) is 19.1 Å². The van der Waals surface area contributed by atoms with Crippen molar-refractivity contribution < 1.29 is 14.3 Å². The summed E-state index contributed by atoms with van der Waals surface area (Å²) in [5, 5.41) is 0.862. The van der Waals surface area contributed by atoms with Crippen LogP contribution in [0, 0.1) is 0 Å². The third kappa shape index (κ3) is 3.05. The van der Waals surface area contributed by atoms with Gasteiger partial charge >= 0.3 is 0 Å². The first-order valence-electron chi connectivity index (χ1n) is 8.06. The molecule has 0 saturated heterocycles. The summed E-state index contributed by atoms with van der Waals surface area (Å²) in [7, 11) is 6.92. The lowest BCUT2D eigenvalue weighted by Gasteiger charge is -2.18. The molecule has 3 aromatic rings. The van der Waals surface area contributed by atoms with Gasteiger partial charge in [0.2, 0.25) is 0 Å². The molecular formula is C20H22N2O3. The summed E-state index contributed by atoms with van der Waals surface area (Å²) in [6.07, 6.45) is 0. The highest BCUT2D eigenvalue weighted by Crippen LogP contribution is 2.35. The third-order valence-corrected chi connectivity index (χ3v) is 4.39. The van der Waals surface area contributed by atoms with Crippen LogP contribution >= 0.6 is 0 Å². The molecule has 0 radical (unpaired) electrons. The van der Waals surface area contributed by atoms with Crippen LogP contribution < -0.4 is 9.47 Å². The first-order valence-corrected chi connectivity index (χ1v) is 8.06. The Morgan fingerprint density at radius 2 is 1.68 bits per heavy atom. The molecule has 2 aromatic carbocycles. The first kappa shape index (κ1) is 16.9. The van der Waals surface area contributed by atoms with Crippen molar-refractivity contribution in [3.63, 3.8) is 0 Å². The van der Waals surface area contributed by atoms with Gasteiger partial charge in [0.05, 0.1) is 19.7 Å². The number of fused-ring (bicyclic) bond motifs is 1. The summed E-state index contributed by atoms with van der Waals surface area (Å²) in [5.41, 5.74) is 2.53. The Morgan fingerprint density at radius 3 is 2.32 bits per heavy atom. The lowest BCUT2D eigenvalue weighted by atomic mass is 10.2. The fraction of sp³-hybridized carbons (Fsp3) is 0.250. The lowest BCUT2D eigenvalue weighted by molar-refractivity contribution is 0.0776. The standard InChI is InChI=1S/C20H22N2O3/c1-21(13-14-8-6-5-7-9-14)20(23)16-12-15-17(24-3)10-11-18(25-4)19(15)22(16)2/h5-12H,13H2,1-4H3. The minimum Gasteiger partial charge on any atom is -0.496 e. The van der Waals surface area contributed by atoms with E-state index in [2.05, 4.69) is 0 Å². The average Bonchev–Trinajstić information content (AvgIpc) is 2.99. The van der Waals surface area contributed by atoms with Gasteiger partial charge in [-0.3, -0.25) is 4.79 Å². The van der Waals surface area contributed by atoms with Gasteiger partial charge in [0, 0.05) is 26.0 Å². The van der Waals surface area contributed by atoms with Crippen LogP contribution in [0.1, 0.15) is 16.1 Å². The van der Waals surface area contributed by atoms with Crippen LogP contribution in [0.5, 0.6) is 11.5 Å². The van der Waals surface area contributed by atoms with Gasteiger partial charge < -0.3 is 18.9 Å². The number of rotatable bonds is 5. The highest BCUT2D eigenvalue weighted by Gasteiger charge is 2.21. The predicted octanol–water partition coefficient (Wildman–Crippen LogP) is 3.47. The maximum Gasteiger partial charge on any atom is 0.270 e.